The molecule has 0 radical (unpaired) electrons. The predicted molar refractivity (Wildman–Crippen MR) is 34.4 cm³/mol. The Morgan fingerprint density at radius 3 is 2.43 bits per heavy atom. The van der Waals surface area contributed by atoms with Crippen molar-refractivity contribution in [3.63, 3.8) is 0 Å². The van der Waals surface area contributed by atoms with Gasteiger partial charge in [0.05, 0.1) is 0 Å². The number of hydrogen-bond donors (Lipinski definition) is 1. The normalized spacial score (nSPS) is 14.0. The summed E-state index contributed by atoms with van der Waals surface area (Å²) in [7, 11) is 2.07. The van der Waals surface area contributed by atoms with Crippen molar-refractivity contribution in [2.75, 3.05) is 0 Å². The molecule has 0 aliphatic rings. The molecule has 0 aromatic heterocycles. The number of hydrogen-bond acceptors (Lipinski definition) is 1. The summed E-state index contributed by atoms with van der Waals surface area (Å²) in [6, 6.07) is 0. The van der Waals surface area contributed by atoms with E-state index in [1.54, 1.807) is 0 Å². The Hall–Kier alpha value is 0.315. The first-order valence-corrected chi connectivity index (χ1v) is 3.03. The highest BCUT2D eigenvalue weighted by atomic mass is 35.5. The van der Waals surface area contributed by atoms with Gasteiger partial charge in [0.2, 0.25) is 0 Å². The van der Waals surface area contributed by atoms with Crippen molar-refractivity contribution < 1.29 is 5.11 Å². The van der Waals surface area contributed by atoms with Crippen molar-refractivity contribution in [1.82, 2.24) is 0 Å². The van der Waals surface area contributed by atoms with E-state index in [4.69, 9.17) is 16.7 Å². The van der Waals surface area contributed by atoms with Crippen LogP contribution < -0.4 is 0 Å². The maximum absolute atomic E-state index is 8.45. The SMILES string of the molecule is BCCCC(O)Cl. The molecule has 7 heavy (non-hydrogen) atoms. The molecule has 0 saturated heterocycles. The van der Waals surface area contributed by atoms with Gasteiger partial charge in [-0.2, -0.15) is 0 Å². The van der Waals surface area contributed by atoms with Gasteiger partial charge in [-0.1, -0.05) is 24.3 Å². The van der Waals surface area contributed by atoms with Crippen LogP contribution in [0.4, 0.5) is 0 Å². The first kappa shape index (κ1) is 7.31. The van der Waals surface area contributed by atoms with E-state index in [1.807, 2.05) is 0 Å². The standard InChI is InChI=1S/C4H10BClO/c5-3-1-2-4(6)7/h4,7H,1-3,5H2. The van der Waals surface area contributed by atoms with Crippen molar-refractivity contribution in [2.45, 2.75) is 24.7 Å². The number of aliphatic hydroxyl groups excluding tert-OH is 1. The lowest BCUT2D eigenvalue weighted by Gasteiger charge is -1.96. The lowest BCUT2D eigenvalue weighted by atomic mass is 10.0. The fourth-order valence-electron chi connectivity index (χ4n) is 0.373. The molecular formula is C4H10BClO. The first-order chi connectivity index (χ1) is 3.27. The second kappa shape index (κ2) is 4.47. The van der Waals surface area contributed by atoms with Gasteiger partial charge in [0.1, 0.15) is 13.4 Å². The molecule has 0 aliphatic carbocycles. The van der Waals surface area contributed by atoms with Gasteiger partial charge in [-0.05, 0) is 6.42 Å². The van der Waals surface area contributed by atoms with E-state index < -0.39 is 5.56 Å². The largest absolute Gasteiger partial charge is 0.378 e. The molecule has 0 aromatic rings. The van der Waals surface area contributed by atoms with Crippen LogP contribution in [0.2, 0.25) is 6.32 Å². The minimum absolute atomic E-state index is 0.625. The molecule has 0 amide bonds. The monoisotopic (exact) mass is 120 g/mol. The van der Waals surface area contributed by atoms with E-state index in [1.165, 1.54) is 0 Å². The van der Waals surface area contributed by atoms with Gasteiger partial charge < -0.3 is 5.11 Å². The molecule has 42 valence electrons. The summed E-state index contributed by atoms with van der Waals surface area (Å²) in [5.41, 5.74) is -0.625. The van der Waals surface area contributed by atoms with Crippen LogP contribution in [0.3, 0.4) is 0 Å². The zero-order valence-electron chi connectivity index (χ0n) is 4.52. The fraction of sp³-hybridized carbons (Fsp3) is 1.00. The third-order valence-corrected chi connectivity index (χ3v) is 1.01. The Bertz CT molecular complexity index is 40.7. The van der Waals surface area contributed by atoms with Crippen molar-refractivity contribution in [3.8, 4) is 0 Å². The zero-order chi connectivity index (χ0) is 5.70. The van der Waals surface area contributed by atoms with Crippen LogP contribution >= 0.6 is 11.6 Å². The molecule has 1 atom stereocenters. The van der Waals surface area contributed by atoms with Gasteiger partial charge in [-0.25, -0.2) is 0 Å². The van der Waals surface area contributed by atoms with E-state index in [2.05, 4.69) is 7.85 Å². The third kappa shape index (κ3) is 6.31. The molecule has 0 heterocycles. The van der Waals surface area contributed by atoms with E-state index >= 15 is 0 Å². The summed E-state index contributed by atoms with van der Waals surface area (Å²) in [4.78, 5) is 0. The average molecular weight is 120 g/mol. The number of alkyl halides is 1. The molecular weight excluding hydrogens is 110 g/mol. The Morgan fingerprint density at radius 2 is 2.29 bits per heavy atom. The highest BCUT2D eigenvalue weighted by Gasteiger charge is 1.92. The minimum atomic E-state index is -0.625. The third-order valence-electron chi connectivity index (χ3n) is 0.796. The van der Waals surface area contributed by atoms with Gasteiger partial charge >= 0.3 is 0 Å². The Kier molecular flexibility index (Phi) is 4.67. The molecule has 1 unspecified atom stereocenters. The predicted octanol–water partition coefficient (Wildman–Crippen LogP) is 0.375. The Labute approximate surface area is 50.1 Å². The molecule has 0 rings (SSSR count). The van der Waals surface area contributed by atoms with E-state index in [-0.39, 0.29) is 0 Å². The number of aliphatic hydroxyl groups is 1. The smallest absolute Gasteiger partial charge is 0.127 e. The van der Waals surface area contributed by atoms with Crippen molar-refractivity contribution in [3.05, 3.63) is 0 Å². The van der Waals surface area contributed by atoms with Gasteiger partial charge in [-0.3, -0.25) is 0 Å². The number of rotatable bonds is 3. The number of halogens is 1. The zero-order valence-corrected chi connectivity index (χ0v) is 5.28. The van der Waals surface area contributed by atoms with Crippen LogP contribution in [0.15, 0.2) is 0 Å². The molecule has 0 aliphatic heterocycles. The fourth-order valence-corrected chi connectivity index (χ4v) is 0.527. The summed E-state index contributed by atoms with van der Waals surface area (Å²) < 4.78 is 0. The maximum Gasteiger partial charge on any atom is 0.127 e. The highest BCUT2D eigenvalue weighted by molar-refractivity contribution is 6.19. The van der Waals surface area contributed by atoms with Crippen LogP contribution in [-0.2, 0) is 0 Å². The lowest BCUT2D eigenvalue weighted by molar-refractivity contribution is 0.244. The van der Waals surface area contributed by atoms with Crippen molar-refractivity contribution in [2.24, 2.45) is 0 Å². The van der Waals surface area contributed by atoms with Gasteiger partial charge in [0, 0.05) is 0 Å². The van der Waals surface area contributed by atoms with Gasteiger partial charge in [0.15, 0.2) is 0 Å². The van der Waals surface area contributed by atoms with E-state index in [9.17, 15) is 0 Å². The summed E-state index contributed by atoms with van der Waals surface area (Å²) >= 11 is 5.21. The van der Waals surface area contributed by atoms with Crippen LogP contribution in [0.1, 0.15) is 12.8 Å². The van der Waals surface area contributed by atoms with Crippen LogP contribution in [0.25, 0.3) is 0 Å². The molecule has 1 N–H and O–H groups in total. The molecule has 0 fully saturated rings. The van der Waals surface area contributed by atoms with E-state index in [0.717, 1.165) is 19.2 Å². The minimum Gasteiger partial charge on any atom is -0.378 e. The summed E-state index contributed by atoms with van der Waals surface area (Å²) in [5.74, 6) is 0. The molecule has 1 nitrogen and oxygen atoms in total. The average Bonchev–Trinajstić information content (AvgIpc) is 1.61. The maximum atomic E-state index is 8.45. The summed E-state index contributed by atoms with van der Waals surface area (Å²) in [6.07, 6.45) is 2.84. The van der Waals surface area contributed by atoms with Crippen LogP contribution in [-0.4, -0.2) is 18.5 Å². The molecule has 0 saturated carbocycles. The molecule has 0 aromatic carbocycles. The molecule has 0 bridgehead atoms. The molecule has 3 heteroatoms. The Balaban J connectivity index is 2.68. The Morgan fingerprint density at radius 1 is 1.71 bits per heavy atom. The van der Waals surface area contributed by atoms with Gasteiger partial charge in [-0.15, -0.1) is 0 Å². The van der Waals surface area contributed by atoms with Crippen LogP contribution in [0.5, 0.6) is 0 Å². The summed E-state index contributed by atoms with van der Waals surface area (Å²) in [5, 5.41) is 8.45. The lowest BCUT2D eigenvalue weighted by Crippen LogP contribution is -1.93. The highest BCUT2D eigenvalue weighted by Crippen LogP contribution is 2.01. The van der Waals surface area contributed by atoms with E-state index in [0.29, 0.717) is 0 Å². The summed E-state index contributed by atoms with van der Waals surface area (Å²) in [6.45, 7) is 0. The van der Waals surface area contributed by atoms with Crippen molar-refractivity contribution in [1.29, 1.82) is 0 Å². The van der Waals surface area contributed by atoms with Crippen LogP contribution in [0, 0.1) is 0 Å². The van der Waals surface area contributed by atoms with Gasteiger partial charge in [0.25, 0.3) is 0 Å². The quantitative estimate of drug-likeness (QED) is 0.422. The second-order valence-electron chi connectivity index (χ2n) is 1.58. The molecule has 0 spiro atoms. The van der Waals surface area contributed by atoms with Crippen molar-refractivity contribution >= 4 is 19.4 Å². The second-order valence-corrected chi connectivity index (χ2v) is 2.08. The first-order valence-electron chi connectivity index (χ1n) is 2.59. The topological polar surface area (TPSA) is 20.2 Å².